The Balaban J connectivity index is 2.66. The van der Waals surface area contributed by atoms with Crippen molar-refractivity contribution in [2.75, 3.05) is 12.4 Å². The molecule has 0 bridgehead atoms. The number of rotatable bonds is 13. The molecule has 3 unspecified atom stereocenters. The minimum absolute atomic E-state index is 0.0296. The van der Waals surface area contributed by atoms with Crippen LogP contribution in [0.1, 0.15) is 78.0 Å². The third kappa shape index (κ3) is 10.8. The van der Waals surface area contributed by atoms with Crippen LogP contribution in [-0.4, -0.2) is 58.6 Å². The molecule has 2 rings (SSSR count). The second kappa shape index (κ2) is 15.3. The summed E-state index contributed by atoms with van der Waals surface area (Å²) in [6.45, 7) is 12.6. The van der Waals surface area contributed by atoms with Gasteiger partial charge in [0.1, 0.15) is 29.2 Å². The van der Waals surface area contributed by atoms with E-state index in [1.54, 1.807) is 64.1 Å². The lowest BCUT2D eigenvalue weighted by Crippen LogP contribution is -2.55. The van der Waals surface area contributed by atoms with Gasteiger partial charge in [-0.1, -0.05) is 19.9 Å². The molecule has 0 aliphatic rings. The third-order valence-electron chi connectivity index (χ3n) is 6.71. The minimum atomic E-state index is -1.40. The summed E-state index contributed by atoms with van der Waals surface area (Å²) in [6, 6.07) is 8.28. The molecule has 11 nitrogen and oxygen atoms in total. The van der Waals surface area contributed by atoms with Crippen molar-refractivity contribution in [3.8, 4) is 11.5 Å². The highest BCUT2D eigenvalue weighted by Gasteiger charge is 2.39. The van der Waals surface area contributed by atoms with Crippen LogP contribution in [0.4, 0.5) is 10.5 Å². The zero-order chi connectivity index (χ0) is 32.5. The Morgan fingerprint density at radius 2 is 1.63 bits per heavy atom. The molecular formula is C32H46N4O7. The van der Waals surface area contributed by atoms with Crippen LogP contribution < -0.4 is 21.1 Å². The smallest absolute Gasteiger partial charge is 0.408 e. The zero-order valence-electron chi connectivity index (χ0n) is 26.4. The van der Waals surface area contributed by atoms with E-state index in [2.05, 4.69) is 24.5 Å². The molecule has 43 heavy (non-hydrogen) atoms. The van der Waals surface area contributed by atoms with Crippen LogP contribution in [0.3, 0.4) is 0 Å². The normalized spacial score (nSPS) is 13.4. The number of aryl methyl sites for hydroxylation is 1. The van der Waals surface area contributed by atoms with Gasteiger partial charge < -0.3 is 35.8 Å². The van der Waals surface area contributed by atoms with Gasteiger partial charge in [0.25, 0.3) is 5.91 Å². The fourth-order valence-corrected chi connectivity index (χ4v) is 4.52. The number of benzene rings is 2. The van der Waals surface area contributed by atoms with Gasteiger partial charge in [-0.05, 0) is 101 Å². The Kier molecular flexibility index (Phi) is 12.4. The summed E-state index contributed by atoms with van der Waals surface area (Å²) in [7, 11) is 1.53. The molecule has 3 atom stereocenters. The van der Waals surface area contributed by atoms with E-state index in [1.165, 1.54) is 18.1 Å². The highest BCUT2D eigenvalue weighted by Crippen LogP contribution is 2.31. The monoisotopic (exact) mass is 598 g/mol. The summed E-state index contributed by atoms with van der Waals surface area (Å²) in [5, 5.41) is 15.6. The second-order valence-corrected chi connectivity index (χ2v) is 12.1. The molecule has 0 heterocycles. The SMILES string of the molecule is COc1ccc(NC(=O)C(c2ccc(O)c(C)c2)N(C(=O)C(CC(N)=O)NC(=O)OC(C)(C)C)C(C)CCC(C)C)cc1. The van der Waals surface area contributed by atoms with Crippen molar-refractivity contribution >= 4 is 29.5 Å². The number of hydrogen-bond donors (Lipinski definition) is 4. The van der Waals surface area contributed by atoms with E-state index in [0.29, 0.717) is 34.9 Å². The number of ether oxygens (including phenoxy) is 2. The molecule has 2 aromatic carbocycles. The Hall–Kier alpha value is -4.28. The molecule has 0 saturated carbocycles. The average Bonchev–Trinajstić information content (AvgIpc) is 2.90. The number of methoxy groups -OCH3 is 1. The number of anilines is 1. The molecular weight excluding hydrogens is 552 g/mol. The maximum absolute atomic E-state index is 14.4. The van der Waals surface area contributed by atoms with Gasteiger partial charge in [-0.2, -0.15) is 0 Å². The highest BCUT2D eigenvalue weighted by atomic mass is 16.6. The summed E-state index contributed by atoms with van der Waals surface area (Å²) < 4.78 is 10.6. The van der Waals surface area contributed by atoms with Crippen LogP contribution >= 0.6 is 0 Å². The van der Waals surface area contributed by atoms with Crippen molar-refractivity contribution in [3.05, 3.63) is 53.6 Å². The molecule has 0 aliphatic heterocycles. The number of primary amides is 1. The van der Waals surface area contributed by atoms with E-state index in [9.17, 15) is 24.3 Å². The van der Waals surface area contributed by atoms with Crippen molar-refractivity contribution in [2.24, 2.45) is 11.7 Å². The van der Waals surface area contributed by atoms with Crippen LogP contribution in [0.5, 0.6) is 11.5 Å². The Morgan fingerprint density at radius 1 is 1.00 bits per heavy atom. The maximum Gasteiger partial charge on any atom is 0.408 e. The molecule has 5 N–H and O–H groups in total. The van der Waals surface area contributed by atoms with Gasteiger partial charge in [0, 0.05) is 11.7 Å². The van der Waals surface area contributed by atoms with Crippen LogP contribution in [0.2, 0.25) is 0 Å². The van der Waals surface area contributed by atoms with E-state index in [1.807, 2.05) is 6.92 Å². The molecule has 4 amide bonds. The topological polar surface area (TPSA) is 160 Å². The van der Waals surface area contributed by atoms with Crippen LogP contribution in [0.25, 0.3) is 0 Å². The molecule has 2 aromatic rings. The number of amides is 4. The van der Waals surface area contributed by atoms with Crippen molar-refractivity contribution in [1.29, 1.82) is 0 Å². The number of nitrogens with two attached hydrogens (primary N) is 1. The van der Waals surface area contributed by atoms with Gasteiger partial charge in [0.2, 0.25) is 11.8 Å². The van der Waals surface area contributed by atoms with E-state index in [4.69, 9.17) is 15.2 Å². The highest BCUT2D eigenvalue weighted by molar-refractivity contribution is 6.00. The van der Waals surface area contributed by atoms with Crippen LogP contribution in [0, 0.1) is 12.8 Å². The number of nitrogens with one attached hydrogen (secondary N) is 2. The summed E-state index contributed by atoms with van der Waals surface area (Å²) in [5.41, 5.74) is 6.04. The zero-order valence-corrected chi connectivity index (χ0v) is 26.4. The molecule has 0 aliphatic carbocycles. The first kappa shape index (κ1) is 34.9. The fraction of sp³-hybridized carbons (Fsp3) is 0.500. The molecule has 0 aromatic heterocycles. The first-order chi connectivity index (χ1) is 20.0. The number of hydrogen-bond acceptors (Lipinski definition) is 7. The Labute approximate surface area is 254 Å². The molecule has 0 spiro atoms. The van der Waals surface area contributed by atoms with Crippen LogP contribution in [0.15, 0.2) is 42.5 Å². The van der Waals surface area contributed by atoms with E-state index in [0.717, 1.165) is 6.42 Å². The first-order valence-electron chi connectivity index (χ1n) is 14.4. The molecule has 0 radical (unpaired) electrons. The first-order valence-corrected chi connectivity index (χ1v) is 14.4. The van der Waals surface area contributed by atoms with Gasteiger partial charge in [-0.3, -0.25) is 14.4 Å². The number of carbonyl (C=O) groups excluding carboxylic acids is 4. The lowest BCUT2D eigenvalue weighted by molar-refractivity contribution is -0.144. The minimum Gasteiger partial charge on any atom is -0.508 e. The number of phenols is 1. The predicted octanol–water partition coefficient (Wildman–Crippen LogP) is 4.81. The number of phenolic OH excluding ortho intramolecular Hbond substituents is 1. The predicted molar refractivity (Wildman–Crippen MR) is 165 cm³/mol. The third-order valence-corrected chi connectivity index (χ3v) is 6.71. The van der Waals surface area contributed by atoms with Gasteiger partial charge in [-0.15, -0.1) is 0 Å². The average molecular weight is 599 g/mol. The second-order valence-electron chi connectivity index (χ2n) is 12.1. The molecule has 236 valence electrons. The summed E-state index contributed by atoms with van der Waals surface area (Å²) in [5.74, 6) is -1.09. The van der Waals surface area contributed by atoms with Gasteiger partial charge in [0.05, 0.1) is 13.5 Å². The molecule has 0 saturated heterocycles. The number of carbonyl (C=O) groups is 4. The maximum atomic E-state index is 14.4. The van der Waals surface area contributed by atoms with Crippen LogP contribution in [-0.2, 0) is 19.1 Å². The summed E-state index contributed by atoms with van der Waals surface area (Å²) in [4.78, 5) is 54.7. The molecule has 11 heteroatoms. The van der Waals surface area contributed by atoms with Crippen molar-refractivity contribution < 1.29 is 33.8 Å². The number of aromatic hydroxyl groups is 1. The molecule has 0 fully saturated rings. The quantitative estimate of drug-likeness (QED) is 0.257. The largest absolute Gasteiger partial charge is 0.508 e. The lowest BCUT2D eigenvalue weighted by Gasteiger charge is -2.38. The standard InChI is InChI=1S/C32H46N4O7/c1-19(2)9-10-21(4)36(30(40)25(18-27(33)38)35-31(41)43-32(5,6)7)28(22-11-16-26(37)20(3)17-22)29(39)34-23-12-14-24(42-8)15-13-23/h11-17,19,21,25,28,37H,9-10,18H2,1-8H3,(H2,33,38)(H,34,39)(H,35,41). The van der Waals surface area contributed by atoms with E-state index in [-0.39, 0.29) is 5.75 Å². The van der Waals surface area contributed by atoms with Crippen molar-refractivity contribution in [2.45, 2.75) is 91.5 Å². The Morgan fingerprint density at radius 3 is 2.14 bits per heavy atom. The number of alkyl carbamates (subject to hydrolysis) is 1. The number of nitrogens with zero attached hydrogens (tertiary/aromatic N) is 1. The summed E-state index contributed by atoms with van der Waals surface area (Å²) >= 11 is 0. The fourth-order valence-electron chi connectivity index (χ4n) is 4.52. The van der Waals surface area contributed by atoms with E-state index < -0.39 is 54.0 Å². The van der Waals surface area contributed by atoms with Crippen molar-refractivity contribution in [1.82, 2.24) is 10.2 Å². The van der Waals surface area contributed by atoms with Gasteiger partial charge in [-0.25, -0.2) is 4.79 Å². The summed E-state index contributed by atoms with van der Waals surface area (Å²) in [6.07, 6.45) is -0.136. The van der Waals surface area contributed by atoms with Crippen molar-refractivity contribution in [3.63, 3.8) is 0 Å². The van der Waals surface area contributed by atoms with Gasteiger partial charge in [0.15, 0.2) is 0 Å². The lowest BCUT2D eigenvalue weighted by atomic mass is 9.95. The van der Waals surface area contributed by atoms with E-state index >= 15 is 0 Å². The Bertz CT molecular complexity index is 1270. The van der Waals surface area contributed by atoms with Gasteiger partial charge >= 0.3 is 6.09 Å².